The van der Waals surface area contributed by atoms with Crippen LogP contribution in [-0.4, -0.2) is 28.5 Å². The molecular formula is C19H15N3O6. The number of nitrogens with one attached hydrogen (secondary N) is 1. The highest BCUT2D eigenvalue weighted by Crippen LogP contribution is 2.22. The van der Waals surface area contributed by atoms with Crippen LogP contribution < -0.4 is 10.1 Å². The molecule has 0 saturated carbocycles. The Bertz CT molecular complexity index is 990. The number of carboxylic acid groups (broad SMARTS) is 1. The molecule has 0 spiro atoms. The van der Waals surface area contributed by atoms with Gasteiger partial charge in [-0.15, -0.1) is 0 Å². The number of benzene rings is 2. The minimum Gasteiger partial charge on any atom is -0.482 e. The van der Waals surface area contributed by atoms with E-state index in [2.05, 4.69) is 5.32 Å². The van der Waals surface area contributed by atoms with Crippen LogP contribution in [0.25, 0.3) is 6.08 Å². The van der Waals surface area contributed by atoms with Crippen LogP contribution in [0.1, 0.15) is 11.1 Å². The summed E-state index contributed by atoms with van der Waals surface area (Å²) in [6, 6.07) is 12.0. The highest BCUT2D eigenvalue weighted by atomic mass is 16.6. The molecule has 0 aliphatic carbocycles. The number of nitriles is 1. The van der Waals surface area contributed by atoms with Crippen LogP contribution in [0.15, 0.2) is 48.0 Å². The maximum atomic E-state index is 12.4. The molecule has 142 valence electrons. The van der Waals surface area contributed by atoms with Crippen LogP contribution in [0, 0.1) is 28.4 Å². The number of aliphatic carboxylic acids is 1. The van der Waals surface area contributed by atoms with Crippen molar-refractivity contribution >= 4 is 29.3 Å². The first kappa shape index (κ1) is 20.1. The standard InChI is InChI=1S/C19H15N3O6/c1-12-2-5-15(22(26)27)9-17(12)21-19(25)14(10-20)8-13-3-6-16(7-4-13)28-11-18(23)24/h2-9H,11H2,1H3,(H,21,25)(H,23,24)/b14-8+. The van der Waals surface area contributed by atoms with E-state index in [1.54, 1.807) is 25.1 Å². The predicted octanol–water partition coefficient (Wildman–Crippen LogP) is 2.91. The molecule has 1 amide bonds. The second kappa shape index (κ2) is 8.95. The number of rotatable bonds is 7. The molecule has 2 aromatic carbocycles. The number of non-ortho nitro benzene ring substituents is 1. The van der Waals surface area contributed by atoms with Gasteiger partial charge >= 0.3 is 5.97 Å². The van der Waals surface area contributed by atoms with Gasteiger partial charge in [0.2, 0.25) is 0 Å². The molecule has 28 heavy (non-hydrogen) atoms. The average molecular weight is 381 g/mol. The number of aryl methyl sites for hydroxylation is 1. The summed E-state index contributed by atoms with van der Waals surface area (Å²) in [5.74, 6) is -1.49. The fourth-order valence-electron chi connectivity index (χ4n) is 2.17. The maximum Gasteiger partial charge on any atom is 0.341 e. The highest BCUT2D eigenvalue weighted by Gasteiger charge is 2.14. The molecule has 2 N–H and O–H groups in total. The van der Waals surface area contributed by atoms with E-state index in [9.17, 15) is 25.0 Å². The van der Waals surface area contributed by atoms with Crippen LogP contribution in [-0.2, 0) is 9.59 Å². The molecule has 0 bridgehead atoms. The van der Waals surface area contributed by atoms with Crippen LogP contribution in [0.2, 0.25) is 0 Å². The van der Waals surface area contributed by atoms with Gasteiger partial charge in [0.15, 0.2) is 6.61 Å². The maximum absolute atomic E-state index is 12.4. The molecule has 0 aliphatic rings. The molecule has 0 heterocycles. The van der Waals surface area contributed by atoms with E-state index in [4.69, 9.17) is 9.84 Å². The van der Waals surface area contributed by atoms with E-state index < -0.39 is 23.4 Å². The molecule has 0 aromatic heterocycles. The van der Waals surface area contributed by atoms with Crippen LogP contribution >= 0.6 is 0 Å². The summed E-state index contributed by atoms with van der Waals surface area (Å²) in [7, 11) is 0. The van der Waals surface area contributed by atoms with E-state index >= 15 is 0 Å². The number of hydrogen-bond donors (Lipinski definition) is 2. The summed E-state index contributed by atoms with van der Waals surface area (Å²) < 4.78 is 5.00. The van der Waals surface area contributed by atoms with Gasteiger partial charge in [-0.3, -0.25) is 14.9 Å². The van der Waals surface area contributed by atoms with Crippen LogP contribution in [0.4, 0.5) is 11.4 Å². The third-order valence-electron chi connectivity index (χ3n) is 3.60. The molecule has 0 unspecified atom stereocenters. The van der Waals surface area contributed by atoms with E-state index in [0.717, 1.165) is 0 Å². The fourth-order valence-corrected chi connectivity index (χ4v) is 2.17. The normalized spacial score (nSPS) is 10.6. The zero-order valence-corrected chi connectivity index (χ0v) is 14.7. The lowest BCUT2D eigenvalue weighted by Gasteiger charge is -2.08. The highest BCUT2D eigenvalue weighted by molar-refractivity contribution is 6.10. The van der Waals surface area contributed by atoms with Gasteiger partial charge in [0.1, 0.15) is 17.4 Å². The van der Waals surface area contributed by atoms with Gasteiger partial charge in [-0.1, -0.05) is 18.2 Å². The lowest BCUT2D eigenvalue weighted by molar-refractivity contribution is -0.384. The van der Waals surface area contributed by atoms with Crippen LogP contribution in [0.5, 0.6) is 5.75 Å². The Kier molecular flexibility index (Phi) is 6.44. The Morgan fingerprint density at radius 3 is 2.54 bits per heavy atom. The second-order valence-electron chi connectivity index (χ2n) is 5.63. The van der Waals surface area contributed by atoms with Gasteiger partial charge in [0.05, 0.1) is 10.6 Å². The first-order valence-corrected chi connectivity index (χ1v) is 7.93. The number of carboxylic acids is 1. The number of carbonyl (C=O) groups is 2. The van der Waals surface area contributed by atoms with E-state index in [1.807, 2.05) is 0 Å². The Labute approximate surface area is 159 Å². The summed E-state index contributed by atoms with van der Waals surface area (Å²) in [6.45, 7) is 1.19. The average Bonchev–Trinajstić information content (AvgIpc) is 2.66. The molecule has 0 saturated heterocycles. The third-order valence-corrected chi connectivity index (χ3v) is 3.60. The molecular weight excluding hydrogens is 366 g/mol. The van der Waals surface area contributed by atoms with Crippen molar-refractivity contribution in [2.75, 3.05) is 11.9 Å². The molecule has 9 nitrogen and oxygen atoms in total. The van der Waals surface area contributed by atoms with Gasteiger partial charge in [-0.05, 0) is 36.3 Å². The number of nitrogens with zero attached hydrogens (tertiary/aromatic N) is 2. The van der Waals surface area contributed by atoms with E-state index in [1.165, 1.54) is 36.4 Å². The zero-order valence-electron chi connectivity index (χ0n) is 14.7. The predicted molar refractivity (Wildman–Crippen MR) is 99.6 cm³/mol. The molecule has 2 aromatic rings. The van der Waals surface area contributed by atoms with Crippen molar-refractivity contribution in [1.29, 1.82) is 5.26 Å². The zero-order chi connectivity index (χ0) is 20.7. The summed E-state index contributed by atoms with van der Waals surface area (Å²) >= 11 is 0. The van der Waals surface area contributed by atoms with Crippen LogP contribution in [0.3, 0.4) is 0 Å². The molecule has 0 aliphatic heterocycles. The first-order valence-electron chi connectivity index (χ1n) is 7.93. The minimum atomic E-state index is -1.11. The van der Waals surface area contributed by atoms with E-state index in [0.29, 0.717) is 16.9 Å². The number of anilines is 1. The van der Waals surface area contributed by atoms with Crippen molar-refractivity contribution in [3.63, 3.8) is 0 Å². The lowest BCUT2D eigenvalue weighted by atomic mass is 10.1. The Hall–Kier alpha value is -4.19. The summed E-state index contributed by atoms with van der Waals surface area (Å²) in [5, 5.41) is 31.2. The summed E-state index contributed by atoms with van der Waals surface area (Å²) in [6.07, 6.45) is 1.34. The number of hydrogen-bond acceptors (Lipinski definition) is 6. The molecule has 0 radical (unpaired) electrons. The van der Waals surface area contributed by atoms with Gasteiger partial charge in [-0.2, -0.15) is 5.26 Å². The number of carbonyl (C=O) groups excluding carboxylic acids is 1. The smallest absolute Gasteiger partial charge is 0.341 e. The van der Waals surface area contributed by atoms with Gasteiger partial charge in [-0.25, -0.2) is 4.79 Å². The summed E-state index contributed by atoms with van der Waals surface area (Å²) in [4.78, 5) is 33.1. The monoisotopic (exact) mass is 381 g/mol. The number of nitro benzene ring substituents is 1. The third kappa shape index (κ3) is 5.40. The Balaban J connectivity index is 2.17. The molecule has 9 heteroatoms. The topological polar surface area (TPSA) is 143 Å². The molecule has 0 atom stereocenters. The first-order chi connectivity index (χ1) is 13.3. The number of ether oxygens (including phenoxy) is 1. The van der Waals surface area contributed by atoms with Crippen molar-refractivity contribution in [1.82, 2.24) is 0 Å². The molecule has 2 rings (SSSR count). The van der Waals surface area contributed by atoms with Gasteiger partial charge in [0.25, 0.3) is 11.6 Å². The Morgan fingerprint density at radius 1 is 1.29 bits per heavy atom. The lowest BCUT2D eigenvalue weighted by Crippen LogP contribution is -2.14. The van der Waals surface area contributed by atoms with Crippen molar-refractivity contribution in [3.05, 3.63) is 69.3 Å². The largest absolute Gasteiger partial charge is 0.482 e. The van der Waals surface area contributed by atoms with Gasteiger partial charge in [0, 0.05) is 12.1 Å². The minimum absolute atomic E-state index is 0.180. The van der Waals surface area contributed by atoms with Crippen molar-refractivity contribution in [3.8, 4) is 11.8 Å². The number of amides is 1. The summed E-state index contributed by atoms with van der Waals surface area (Å²) in [5.41, 5.74) is 0.976. The fraction of sp³-hybridized carbons (Fsp3) is 0.105. The molecule has 0 fully saturated rings. The number of nitro groups is 1. The van der Waals surface area contributed by atoms with Gasteiger partial charge < -0.3 is 15.2 Å². The SMILES string of the molecule is Cc1ccc([N+](=O)[O-])cc1NC(=O)/C(C#N)=C/c1ccc(OCC(=O)O)cc1. The van der Waals surface area contributed by atoms with E-state index in [-0.39, 0.29) is 16.9 Å². The van der Waals surface area contributed by atoms with Crippen molar-refractivity contribution in [2.24, 2.45) is 0 Å². The second-order valence-corrected chi connectivity index (χ2v) is 5.63. The quantitative estimate of drug-likeness (QED) is 0.325. The van der Waals surface area contributed by atoms with Crippen molar-refractivity contribution in [2.45, 2.75) is 6.92 Å². The van der Waals surface area contributed by atoms with Crippen molar-refractivity contribution < 1.29 is 24.4 Å². The Morgan fingerprint density at radius 2 is 1.96 bits per heavy atom.